The molecular weight excluding hydrogens is 244 g/mol. The van der Waals surface area contributed by atoms with Gasteiger partial charge in [0.05, 0.1) is 0 Å². The van der Waals surface area contributed by atoms with Gasteiger partial charge in [0.1, 0.15) is 0 Å². The summed E-state index contributed by atoms with van der Waals surface area (Å²) in [6.45, 7) is 10.3. The van der Waals surface area contributed by atoms with Crippen LogP contribution < -0.4 is 0 Å². The van der Waals surface area contributed by atoms with Crippen molar-refractivity contribution in [3.05, 3.63) is 0 Å². The van der Waals surface area contributed by atoms with Gasteiger partial charge in [-0.25, -0.2) is 0 Å². The van der Waals surface area contributed by atoms with E-state index in [4.69, 9.17) is 0 Å². The summed E-state index contributed by atoms with van der Waals surface area (Å²) >= 11 is 0. The maximum atomic E-state index is 2.81. The maximum Gasteiger partial charge on any atom is 0.00964 e. The lowest BCUT2D eigenvalue weighted by Crippen LogP contribution is -2.48. The van der Waals surface area contributed by atoms with Crippen LogP contribution in [0.25, 0.3) is 0 Å². The van der Waals surface area contributed by atoms with E-state index in [-0.39, 0.29) is 0 Å². The second-order valence-corrected chi connectivity index (χ2v) is 7.90. The van der Waals surface area contributed by atoms with Gasteiger partial charge in [-0.05, 0) is 89.4 Å². The lowest BCUT2D eigenvalue weighted by Gasteiger charge is -2.44. The number of rotatable bonds is 2. The average Bonchev–Trinajstić information content (AvgIpc) is 2.49. The Labute approximate surface area is 125 Å². The van der Waals surface area contributed by atoms with E-state index >= 15 is 0 Å². The summed E-state index contributed by atoms with van der Waals surface area (Å²) in [6.07, 6.45) is 11.6. The average molecular weight is 278 g/mol. The van der Waals surface area contributed by atoms with Crippen molar-refractivity contribution in [3.8, 4) is 0 Å². The molecule has 0 atom stereocenters. The molecule has 2 saturated heterocycles. The van der Waals surface area contributed by atoms with Gasteiger partial charge < -0.3 is 9.80 Å². The van der Waals surface area contributed by atoms with Gasteiger partial charge in [-0.15, -0.1) is 0 Å². The minimum absolute atomic E-state index is 0.919. The van der Waals surface area contributed by atoms with Gasteiger partial charge in [-0.2, -0.15) is 0 Å². The third-order valence-electron chi connectivity index (χ3n) is 6.34. The molecule has 2 heteroatoms. The zero-order chi connectivity index (χ0) is 13.9. The topological polar surface area (TPSA) is 6.48 Å². The third-order valence-corrected chi connectivity index (χ3v) is 6.34. The highest BCUT2D eigenvalue weighted by molar-refractivity contribution is 4.87. The summed E-state index contributed by atoms with van der Waals surface area (Å²) in [7, 11) is 0. The van der Waals surface area contributed by atoms with Crippen LogP contribution in [0.4, 0.5) is 0 Å². The molecule has 0 aromatic carbocycles. The van der Waals surface area contributed by atoms with E-state index in [1.807, 2.05) is 0 Å². The summed E-state index contributed by atoms with van der Waals surface area (Å²) in [6, 6.07) is 1.84. The van der Waals surface area contributed by atoms with E-state index in [0.29, 0.717) is 0 Å². The molecular formula is C18H34N2. The zero-order valence-electron chi connectivity index (χ0n) is 13.7. The molecule has 0 amide bonds. The second-order valence-electron chi connectivity index (χ2n) is 7.90. The highest BCUT2D eigenvalue weighted by Crippen LogP contribution is 2.31. The maximum absolute atomic E-state index is 2.81. The summed E-state index contributed by atoms with van der Waals surface area (Å²) < 4.78 is 0. The molecule has 3 rings (SSSR count). The first kappa shape index (κ1) is 14.8. The molecule has 0 unspecified atom stereocenters. The van der Waals surface area contributed by atoms with Gasteiger partial charge in [0, 0.05) is 12.1 Å². The van der Waals surface area contributed by atoms with Crippen LogP contribution >= 0.6 is 0 Å². The molecule has 1 saturated carbocycles. The summed E-state index contributed by atoms with van der Waals surface area (Å²) in [4.78, 5) is 5.63. The monoisotopic (exact) mass is 278 g/mol. The van der Waals surface area contributed by atoms with Crippen LogP contribution in [0.3, 0.4) is 0 Å². The lowest BCUT2D eigenvalue weighted by atomic mass is 9.86. The molecule has 2 nitrogen and oxygen atoms in total. The molecule has 0 aromatic heterocycles. The number of hydrogen-bond acceptors (Lipinski definition) is 2. The van der Waals surface area contributed by atoms with Gasteiger partial charge in [-0.3, -0.25) is 0 Å². The largest absolute Gasteiger partial charge is 0.300 e. The van der Waals surface area contributed by atoms with E-state index in [2.05, 4.69) is 23.6 Å². The Morgan fingerprint density at radius 3 is 1.10 bits per heavy atom. The number of likely N-dealkylation sites (tertiary alicyclic amines) is 2. The Morgan fingerprint density at radius 2 is 0.800 bits per heavy atom. The molecule has 116 valence electrons. The fourth-order valence-electron chi connectivity index (χ4n) is 4.58. The molecule has 0 radical (unpaired) electrons. The Hall–Kier alpha value is -0.0800. The first-order valence-electron chi connectivity index (χ1n) is 9.20. The van der Waals surface area contributed by atoms with E-state index < -0.39 is 0 Å². The minimum Gasteiger partial charge on any atom is -0.300 e. The summed E-state index contributed by atoms with van der Waals surface area (Å²) in [5.41, 5.74) is 0. The van der Waals surface area contributed by atoms with E-state index in [1.54, 1.807) is 0 Å². The molecule has 0 N–H and O–H groups in total. The highest BCUT2D eigenvalue weighted by Gasteiger charge is 2.31. The van der Waals surface area contributed by atoms with Crippen LogP contribution in [0.1, 0.15) is 65.2 Å². The van der Waals surface area contributed by atoms with Crippen molar-refractivity contribution in [1.82, 2.24) is 9.80 Å². The second kappa shape index (κ2) is 6.79. The summed E-state index contributed by atoms with van der Waals surface area (Å²) in [5.74, 6) is 1.94. The highest BCUT2D eigenvalue weighted by atomic mass is 15.2. The van der Waals surface area contributed by atoms with Crippen molar-refractivity contribution in [1.29, 1.82) is 0 Å². The third kappa shape index (κ3) is 3.57. The zero-order valence-corrected chi connectivity index (χ0v) is 13.7. The van der Waals surface area contributed by atoms with Crippen molar-refractivity contribution >= 4 is 0 Å². The van der Waals surface area contributed by atoms with Crippen LogP contribution in [0.2, 0.25) is 0 Å². The predicted octanol–water partition coefficient (Wildman–Crippen LogP) is 3.76. The van der Waals surface area contributed by atoms with Crippen LogP contribution in [0.15, 0.2) is 0 Å². The van der Waals surface area contributed by atoms with Gasteiger partial charge in [0.15, 0.2) is 0 Å². The van der Waals surface area contributed by atoms with Crippen LogP contribution in [0, 0.1) is 11.8 Å². The van der Waals surface area contributed by atoms with E-state index in [0.717, 1.165) is 23.9 Å². The molecule has 0 aromatic rings. The molecule has 20 heavy (non-hydrogen) atoms. The van der Waals surface area contributed by atoms with Gasteiger partial charge >= 0.3 is 0 Å². The fraction of sp³-hybridized carbons (Fsp3) is 1.00. The number of piperidine rings is 2. The molecule has 0 spiro atoms. The fourth-order valence-corrected chi connectivity index (χ4v) is 4.58. The number of hydrogen-bond donors (Lipinski definition) is 0. The van der Waals surface area contributed by atoms with Crippen LogP contribution in [-0.4, -0.2) is 48.1 Å². The van der Waals surface area contributed by atoms with Crippen molar-refractivity contribution in [3.63, 3.8) is 0 Å². The van der Waals surface area contributed by atoms with E-state index in [1.165, 1.54) is 77.5 Å². The number of nitrogens with zero attached hydrogens (tertiary/aromatic N) is 2. The Balaban J connectivity index is 1.42. The Bertz CT molecular complexity index is 250. The molecule has 2 aliphatic heterocycles. The lowest BCUT2D eigenvalue weighted by molar-refractivity contribution is 0.0601. The smallest absolute Gasteiger partial charge is 0.00964 e. The molecule has 0 bridgehead atoms. The molecule has 3 aliphatic rings. The molecule has 3 fully saturated rings. The van der Waals surface area contributed by atoms with Crippen molar-refractivity contribution in [2.24, 2.45) is 11.8 Å². The standard InChI is InChI=1S/C18H34N2/c1-15-7-11-19(12-8-15)17-3-5-18(6-4-17)20-13-9-16(2)10-14-20/h15-18H,3-14H2,1-2H3. The Morgan fingerprint density at radius 1 is 0.500 bits per heavy atom. The van der Waals surface area contributed by atoms with Crippen molar-refractivity contribution in [2.75, 3.05) is 26.2 Å². The van der Waals surface area contributed by atoms with Gasteiger partial charge in [0.25, 0.3) is 0 Å². The summed E-state index contributed by atoms with van der Waals surface area (Å²) in [5, 5.41) is 0. The SMILES string of the molecule is CC1CCN(C2CCC(N3CCC(C)CC3)CC2)CC1. The quantitative estimate of drug-likeness (QED) is 0.759. The van der Waals surface area contributed by atoms with E-state index in [9.17, 15) is 0 Å². The van der Waals surface area contributed by atoms with Crippen molar-refractivity contribution < 1.29 is 0 Å². The first-order chi connectivity index (χ1) is 9.72. The van der Waals surface area contributed by atoms with Crippen LogP contribution in [-0.2, 0) is 0 Å². The van der Waals surface area contributed by atoms with Gasteiger partial charge in [-0.1, -0.05) is 13.8 Å². The first-order valence-corrected chi connectivity index (χ1v) is 9.20. The molecule has 1 aliphatic carbocycles. The Kier molecular flexibility index (Phi) is 5.04. The molecule has 2 heterocycles. The van der Waals surface area contributed by atoms with Crippen molar-refractivity contribution in [2.45, 2.75) is 77.3 Å². The minimum atomic E-state index is 0.919. The van der Waals surface area contributed by atoms with Gasteiger partial charge in [0.2, 0.25) is 0 Å². The normalized spacial score (nSPS) is 36.3. The van der Waals surface area contributed by atoms with Crippen LogP contribution in [0.5, 0.6) is 0 Å². The predicted molar refractivity (Wildman–Crippen MR) is 86.0 cm³/mol.